The van der Waals surface area contributed by atoms with Crippen LogP contribution in [0.1, 0.15) is 95.4 Å². The average Bonchev–Trinajstić information content (AvgIpc) is 3.32. The molecule has 0 spiro atoms. The van der Waals surface area contributed by atoms with Crippen LogP contribution in [0.3, 0.4) is 0 Å². The van der Waals surface area contributed by atoms with Crippen LogP contribution in [0.4, 0.5) is 15.4 Å². The van der Waals surface area contributed by atoms with Gasteiger partial charge in [-0.2, -0.15) is 0 Å². The van der Waals surface area contributed by atoms with Gasteiger partial charge < -0.3 is 39.8 Å². The number of anilines is 1. The van der Waals surface area contributed by atoms with E-state index in [0.29, 0.717) is 45.4 Å². The van der Waals surface area contributed by atoms with Gasteiger partial charge in [-0.3, -0.25) is 0 Å². The maximum atomic E-state index is 12.2. The Hall–Kier alpha value is -6.72. The van der Waals surface area contributed by atoms with Gasteiger partial charge in [0.25, 0.3) is 0 Å². The van der Waals surface area contributed by atoms with Gasteiger partial charge in [0.2, 0.25) is 0 Å². The lowest BCUT2D eigenvalue weighted by Crippen LogP contribution is -2.46. The Labute approximate surface area is 418 Å². The zero-order chi connectivity index (χ0) is 49.7. The summed E-state index contributed by atoms with van der Waals surface area (Å²) in [5.74, 6) is -0.0372. The van der Waals surface area contributed by atoms with Crippen molar-refractivity contribution in [1.82, 2.24) is 35.9 Å². The average molecular weight is 1020 g/mol. The van der Waals surface area contributed by atoms with E-state index in [1.807, 2.05) is 102 Å². The molecular formula is C53H65BrN8O8. The standard InChI is InChI=1S/C26H30N4O4.C16H11BrN2O2.C10H20N2O2.CH4/c1-26(2,3)34-25(32)27-19-12-14-30(15-13-19)23-22(17-8-6-5-7-9-17)28-20-11-10-18(24(31)33-4)16-21(20)29-23;1-21-16(20)11-7-8-12-13(9-11)19-15(17)14(18-12)10-5-3-2-4-6-10;1-10(2,3)14-9(13)12-8-4-6-11-7-5-8;/h5-11,16,19H,12-15H2,1-4H3,(H,27,32);2-9H,1H3;8,11H,4-7H2,1-3H3,(H,12,13);1H4. The van der Waals surface area contributed by atoms with Crippen molar-refractivity contribution in [2.45, 2.75) is 97.9 Å². The summed E-state index contributed by atoms with van der Waals surface area (Å²) in [4.78, 5) is 68.2. The topological polar surface area (TPSA) is 196 Å². The Morgan fingerprint density at radius 2 is 1.01 bits per heavy atom. The highest BCUT2D eigenvalue weighted by molar-refractivity contribution is 9.10. The van der Waals surface area contributed by atoms with E-state index < -0.39 is 23.3 Å². The summed E-state index contributed by atoms with van der Waals surface area (Å²) in [6, 6.07) is 30.4. The number of benzene rings is 4. The molecule has 8 rings (SSSR count). The maximum absolute atomic E-state index is 12.2. The van der Waals surface area contributed by atoms with Gasteiger partial charge in [-0.1, -0.05) is 68.1 Å². The lowest BCUT2D eigenvalue weighted by atomic mass is 10.0. The van der Waals surface area contributed by atoms with Gasteiger partial charge in [-0.15, -0.1) is 0 Å². The number of hydrogen-bond donors (Lipinski definition) is 3. The number of aromatic nitrogens is 4. The number of fused-ring (bicyclic) bond motifs is 2. The molecule has 0 saturated carbocycles. The molecule has 70 heavy (non-hydrogen) atoms. The molecule has 0 aliphatic carbocycles. The van der Waals surface area contributed by atoms with Crippen molar-refractivity contribution < 1.29 is 38.1 Å². The molecule has 16 nitrogen and oxygen atoms in total. The number of halogens is 1. The second kappa shape index (κ2) is 24.7. The summed E-state index contributed by atoms with van der Waals surface area (Å²) in [6.45, 7) is 14.5. The van der Waals surface area contributed by atoms with Crippen molar-refractivity contribution >= 4 is 67.9 Å². The van der Waals surface area contributed by atoms with Crippen molar-refractivity contribution in [3.8, 4) is 22.5 Å². The van der Waals surface area contributed by atoms with Crippen molar-refractivity contribution in [2.24, 2.45) is 0 Å². The molecule has 4 aromatic carbocycles. The molecule has 2 aliphatic heterocycles. The van der Waals surface area contributed by atoms with Crippen molar-refractivity contribution in [2.75, 3.05) is 45.3 Å². The molecule has 6 aromatic rings. The van der Waals surface area contributed by atoms with E-state index in [1.54, 1.807) is 36.4 Å². The quantitative estimate of drug-likeness (QED) is 0.101. The minimum absolute atomic E-state index is 0. The van der Waals surface area contributed by atoms with Crippen LogP contribution in [0.2, 0.25) is 0 Å². The molecule has 0 bridgehead atoms. The molecular weight excluding hydrogens is 957 g/mol. The third kappa shape index (κ3) is 15.7. The van der Waals surface area contributed by atoms with E-state index in [-0.39, 0.29) is 31.6 Å². The first-order valence-corrected chi connectivity index (χ1v) is 23.7. The van der Waals surface area contributed by atoms with Gasteiger partial charge in [-0.25, -0.2) is 39.1 Å². The van der Waals surface area contributed by atoms with Gasteiger partial charge in [0.05, 0.1) is 47.4 Å². The lowest BCUT2D eigenvalue weighted by molar-refractivity contribution is 0.0484. The predicted molar refractivity (Wildman–Crippen MR) is 277 cm³/mol. The van der Waals surface area contributed by atoms with Gasteiger partial charge in [-0.05, 0) is 133 Å². The number of esters is 2. The van der Waals surface area contributed by atoms with Crippen LogP contribution in [0.5, 0.6) is 0 Å². The molecule has 0 unspecified atom stereocenters. The lowest BCUT2D eigenvalue weighted by Gasteiger charge is -2.34. The first-order valence-electron chi connectivity index (χ1n) is 22.9. The second-order valence-corrected chi connectivity index (χ2v) is 19.2. The monoisotopic (exact) mass is 1020 g/mol. The third-order valence-electron chi connectivity index (χ3n) is 10.8. The van der Waals surface area contributed by atoms with Gasteiger partial charge in [0, 0.05) is 36.3 Å². The summed E-state index contributed by atoms with van der Waals surface area (Å²) >= 11 is 3.44. The van der Waals surface area contributed by atoms with E-state index in [1.165, 1.54) is 14.2 Å². The molecule has 17 heteroatoms. The minimum Gasteiger partial charge on any atom is -0.465 e. The largest absolute Gasteiger partial charge is 0.465 e. The fourth-order valence-electron chi connectivity index (χ4n) is 7.51. The number of nitrogens with zero attached hydrogens (tertiary/aromatic N) is 5. The molecule has 0 radical (unpaired) electrons. The second-order valence-electron chi connectivity index (χ2n) is 18.5. The highest BCUT2D eigenvalue weighted by atomic mass is 79.9. The van der Waals surface area contributed by atoms with E-state index in [4.69, 9.17) is 28.9 Å². The molecule has 2 aliphatic rings. The molecule has 3 N–H and O–H groups in total. The number of ether oxygens (including phenoxy) is 4. The number of nitrogens with one attached hydrogen (secondary N) is 3. The highest BCUT2D eigenvalue weighted by Crippen LogP contribution is 2.32. The number of rotatable bonds is 7. The first-order chi connectivity index (χ1) is 32.9. The van der Waals surface area contributed by atoms with Gasteiger partial charge in [0.15, 0.2) is 5.82 Å². The number of carbonyl (C=O) groups is 4. The maximum Gasteiger partial charge on any atom is 0.407 e. The Kier molecular flexibility index (Phi) is 19.1. The zero-order valence-corrected chi connectivity index (χ0v) is 42.0. The first kappa shape index (κ1) is 54.2. The number of hydrogen-bond acceptors (Lipinski definition) is 14. The number of amides is 2. The fourth-order valence-corrected chi connectivity index (χ4v) is 8.02. The summed E-state index contributed by atoms with van der Waals surface area (Å²) < 4.78 is 20.8. The number of alkyl carbamates (subject to hydrolysis) is 2. The SMILES string of the molecule is C.CC(C)(C)OC(=O)NC1CCNCC1.COC(=O)c1ccc2nc(-c3ccccc3)c(Br)nc2c1.COC(=O)c1ccc2nc(-c3ccccc3)c(N3CCC(NC(=O)OC(C)(C)C)CC3)nc2c1. The van der Waals surface area contributed by atoms with Crippen LogP contribution in [0.15, 0.2) is 102 Å². The van der Waals surface area contributed by atoms with Gasteiger partial charge >= 0.3 is 24.1 Å². The van der Waals surface area contributed by atoms with Crippen LogP contribution in [-0.4, -0.2) is 108 Å². The third-order valence-corrected chi connectivity index (χ3v) is 11.3. The fraction of sp³-hybridized carbons (Fsp3) is 0.396. The highest BCUT2D eigenvalue weighted by Gasteiger charge is 2.27. The van der Waals surface area contributed by atoms with E-state index in [9.17, 15) is 19.2 Å². The Bertz CT molecular complexity index is 2720. The number of carbonyl (C=O) groups excluding carboxylic acids is 4. The van der Waals surface area contributed by atoms with Crippen LogP contribution in [0.25, 0.3) is 44.6 Å². The van der Waals surface area contributed by atoms with Crippen molar-refractivity contribution in [3.63, 3.8) is 0 Å². The Morgan fingerprint density at radius 3 is 1.47 bits per heavy atom. The minimum atomic E-state index is -0.529. The van der Waals surface area contributed by atoms with E-state index >= 15 is 0 Å². The Balaban J connectivity index is 0.000000215. The summed E-state index contributed by atoms with van der Waals surface area (Å²) in [7, 11) is 2.71. The number of piperidine rings is 2. The molecule has 372 valence electrons. The van der Waals surface area contributed by atoms with Crippen LogP contribution in [0, 0.1) is 0 Å². The summed E-state index contributed by atoms with van der Waals surface area (Å²) in [5.41, 5.74) is 6.18. The molecule has 2 aromatic heterocycles. The molecule has 2 fully saturated rings. The van der Waals surface area contributed by atoms with Crippen LogP contribution >= 0.6 is 15.9 Å². The van der Waals surface area contributed by atoms with Crippen LogP contribution in [-0.2, 0) is 18.9 Å². The summed E-state index contributed by atoms with van der Waals surface area (Å²) in [5, 5.41) is 9.09. The molecule has 2 amide bonds. The normalized spacial score (nSPS) is 14.1. The molecule has 4 heterocycles. The van der Waals surface area contributed by atoms with E-state index in [2.05, 4.69) is 46.7 Å². The van der Waals surface area contributed by atoms with Crippen LogP contribution < -0.4 is 20.9 Å². The zero-order valence-electron chi connectivity index (χ0n) is 40.4. The van der Waals surface area contributed by atoms with Gasteiger partial charge in [0.1, 0.15) is 27.2 Å². The predicted octanol–water partition coefficient (Wildman–Crippen LogP) is 10.3. The van der Waals surface area contributed by atoms with E-state index in [0.717, 1.165) is 72.6 Å². The smallest absolute Gasteiger partial charge is 0.407 e. The Morgan fingerprint density at radius 1 is 0.586 bits per heavy atom. The van der Waals surface area contributed by atoms with Crippen molar-refractivity contribution in [1.29, 1.82) is 0 Å². The summed E-state index contributed by atoms with van der Waals surface area (Å²) in [6.07, 6.45) is 2.80. The van der Waals surface area contributed by atoms with Crippen molar-refractivity contribution in [3.05, 3.63) is 113 Å². The number of methoxy groups -OCH3 is 2. The molecule has 0 atom stereocenters. The molecule has 2 saturated heterocycles.